The second-order valence-electron chi connectivity index (χ2n) is 6.30. The van der Waals surface area contributed by atoms with Crippen LogP contribution in [0.15, 0.2) is 0 Å². The minimum atomic E-state index is -1.70. The third-order valence-corrected chi connectivity index (χ3v) is 3.54. The van der Waals surface area contributed by atoms with E-state index in [1.807, 2.05) is 0 Å². The third kappa shape index (κ3) is 29.9. The highest BCUT2D eigenvalue weighted by Crippen LogP contribution is 2.11. The van der Waals surface area contributed by atoms with E-state index in [4.69, 9.17) is 15.9 Å². The van der Waals surface area contributed by atoms with Gasteiger partial charge < -0.3 is 15.9 Å². The minimum Gasteiger partial charge on any atom is -0.370 e. The van der Waals surface area contributed by atoms with E-state index in [1.54, 1.807) is 6.92 Å². The highest BCUT2D eigenvalue weighted by Gasteiger charge is 2.09. The molecule has 0 spiro atoms. The number of unbranched alkanes of at least 4 members (excludes halogenated alkanes) is 10. The number of primary amides is 1. The number of amides is 1. The molecule has 0 radical (unpaired) electrons. The Balaban J connectivity index is 0. The molecule has 1 amide bonds. The highest BCUT2D eigenvalue weighted by molar-refractivity contribution is 5.73. The summed E-state index contributed by atoms with van der Waals surface area (Å²) in [5, 5.41) is 19.3. The normalized spacial score (nSPS) is 11.0. The number of carbonyl (C=O) groups is 1. The second-order valence-corrected chi connectivity index (χ2v) is 6.30. The largest absolute Gasteiger partial charge is 0.370 e. The first-order valence-electron chi connectivity index (χ1n) is 9.31. The van der Waals surface area contributed by atoms with Gasteiger partial charge in [-0.05, 0) is 13.0 Å². The fraction of sp³-hybridized carbons (Fsp3) is 0.944. The van der Waals surface area contributed by atoms with Crippen LogP contribution in [-0.4, -0.2) is 28.6 Å². The minimum absolute atomic E-state index is 0.157. The number of rotatable bonds is 14. The van der Waals surface area contributed by atoms with Crippen LogP contribution >= 0.6 is 0 Å². The molecule has 5 nitrogen and oxygen atoms in total. The van der Waals surface area contributed by atoms with E-state index >= 15 is 0 Å². The smallest absolute Gasteiger partial charge is 0.219 e. The number of carbonyl (C=O) groups excluding carboxylic acids is 1. The molecule has 0 aromatic carbocycles. The van der Waals surface area contributed by atoms with Crippen molar-refractivity contribution in [3.8, 4) is 0 Å². The van der Waals surface area contributed by atoms with Crippen molar-refractivity contribution in [3.05, 3.63) is 0 Å². The van der Waals surface area contributed by atoms with Gasteiger partial charge in [0, 0.05) is 13.3 Å². The number of hydrogen-bond acceptors (Lipinski definition) is 4. The van der Waals surface area contributed by atoms with E-state index < -0.39 is 5.91 Å². The molecule has 0 aromatic heterocycles. The van der Waals surface area contributed by atoms with Gasteiger partial charge in [0.2, 0.25) is 11.8 Å². The lowest BCUT2D eigenvalue weighted by molar-refractivity contribution is -0.168. The Morgan fingerprint density at radius 2 is 1.26 bits per heavy atom. The first kappa shape index (κ1) is 24.6. The number of hydrogen-bond donors (Lipinski definition) is 4. The molecule has 0 rings (SSSR count). The second kappa shape index (κ2) is 17.7. The van der Waals surface area contributed by atoms with Gasteiger partial charge in [-0.25, -0.2) is 0 Å². The number of nitrogens with two attached hydrogens (primary N) is 1. The summed E-state index contributed by atoms with van der Waals surface area (Å²) in [5.74, 6) is -1.86. The van der Waals surface area contributed by atoms with E-state index in [2.05, 4.69) is 12.2 Å². The van der Waals surface area contributed by atoms with Crippen LogP contribution in [0, 0.1) is 0 Å². The average molecular weight is 333 g/mol. The molecular weight excluding hydrogens is 292 g/mol. The Morgan fingerprint density at radius 1 is 0.870 bits per heavy atom. The van der Waals surface area contributed by atoms with Crippen molar-refractivity contribution in [2.75, 3.05) is 6.54 Å². The maximum atomic E-state index is 10.5. The molecule has 0 aliphatic rings. The molecule has 23 heavy (non-hydrogen) atoms. The van der Waals surface area contributed by atoms with E-state index in [9.17, 15) is 4.79 Å². The third-order valence-electron chi connectivity index (χ3n) is 3.54. The summed E-state index contributed by atoms with van der Waals surface area (Å²) in [6.07, 6.45) is 15.0. The summed E-state index contributed by atoms with van der Waals surface area (Å²) in [4.78, 5) is 10.5. The molecule has 0 aromatic rings. The van der Waals surface area contributed by atoms with Crippen molar-refractivity contribution in [2.45, 2.75) is 104 Å². The molecule has 5 heteroatoms. The zero-order valence-electron chi connectivity index (χ0n) is 15.6. The molecular formula is C18H40N2O3. The molecule has 0 saturated carbocycles. The molecule has 0 saturated heterocycles. The fourth-order valence-electron chi connectivity index (χ4n) is 2.30. The van der Waals surface area contributed by atoms with Crippen molar-refractivity contribution < 1.29 is 15.0 Å². The van der Waals surface area contributed by atoms with Crippen molar-refractivity contribution in [1.29, 1.82) is 0 Å². The Bertz CT molecular complexity index is 253. The highest BCUT2D eigenvalue weighted by atomic mass is 16.5. The van der Waals surface area contributed by atoms with Gasteiger partial charge in [0.15, 0.2) is 0 Å². The van der Waals surface area contributed by atoms with Gasteiger partial charge in [0.05, 0.1) is 0 Å². The summed E-state index contributed by atoms with van der Waals surface area (Å²) >= 11 is 0. The summed E-state index contributed by atoms with van der Waals surface area (Å²) < 4.78 is 0. The van der Waals surface area contributed by atoms with Crippen LogP contribution in [0.2, 0.25) is 0 Å². The Hall–Kier alpha value is -0.650. The maximum Gasteiger partial charge on any atom is 0.219 e. The summed E-state index contributed by atoms with van der Waals surface area (Å²) in [6.45, 7) is 5.89. The summed E-state index contributed by atoms with van der Waals surface area (Å²) in [7, 11) is 0. The van der Waals surface area contributed by atoms with Crippen LogP contribution < -0.4 is 11.1 Å². The zero-order valence-corrected chi connectivity index (χ0v) is 15.6. The lowest BCUT2D eigenvalue weighted by atomic mass is 10.1. The molecule has 5 N–H and O–H groups in total. The van der Waals surface area contributed by atoms with Crippen LogP contribution in [0.1, 0.15) is 97.8 Å². The number of nitrogens with one attached hydrogen (secondary N) is 1. The summed E-state index contributed by atoms with van der Waals surface area (Å²) in [5.41, 5.74) is 5.07. The SMILES string of the molecule is CCCCCCCCCCCCCC(N)=O.CCNC(C)(O)O. The summed E-state index contributed by atoms with van der Waals surface area (Å²) in [6, 6.07) is 0. The fourth-order valence-corrected chi connectivity index (χ4v) is 2.30. The van der Waals surface area contributed by atoms with E-state index in [0.717, 1.165) is 6.42 Å². The van der Waals surface area contributed by atoms with Crippen molar-refractivity contribution >= 4 is 5.91 Å². The zero-order chi connectivity index (χ0) is 18.0. The van der Waals surface area contributed by atoms with Crippen LogP contribution in [0.5, 0.6) is 0 Å². The van der Waals surface area contributed by atoms with Crippen LogP contribution in [0.4, 0.5) is 0 Å². The molecule has 0 bridgehead atoms. The van der Waals surface area contributed by atoms with Gasteiger partial charge in [0.1, 0.15) is 0 Å². The van der Waals surface area contributed by atoms with E-state index in [-0.39, 0.29) is 5.91 Å². The van der Waals surface area contributed by atoms with Gasteiger partial charge >= 0.3 is 0 Å². The Morgan fingerprint density at radius 3 is 1.52 bits per heavy atom. The predicted molar refractivity (Wildman–Crippen MR) is 96.8 cm³/mol. The molecule has 0 fully saturated rings. The van der Waals surface area contributed by atoms with Gasteiger partial charge in [-0.1, -0.05) is 78.1 Å². The predicted octanol–water partition coefficient (Wildman–Crippen LogP) is 3.43. The van der Waals surface area contributed by atoms with Gasteiger partial charge in [0.25, 0.3) is 0 Å². The molecule has 0 atom stereocenters. The number of aliphatic hydroxyl groups is 2. The molecule has 0 aliphatic heterocycles. The van der Waals surface area contributed by atoms with Crippen LogP contribution in [-0.2, 0) is 4.79 Å². The molecule has 0 aliphatic carbocycles. The van der Waals surface area contributed by atoms with Crippen LogP contribution in [0.25, 0.3) is 0 Å². The first-order chi connectivity index (χ1) is 10.8. The Kier molecular flexibility index (Phi) is 18.9. The van der Waals surface area contributed by atoms with Crippen molar-refractivity contribution in [3.63, 3.8) is 0 Å². The average Bonchev–Trinajstić information content (AvgIpc) is 2.44. The molecule has 140 valence electrons. The first-order valence-corrected chi connectivity index (χ1v) is 9.31. The monoisotopic (exact) mass is 332 g/mol. The van der Waals surface area contributed by atoms with Crippen molar-refractivity contribution in [2.24, 2.45) is 5.73 Å². The van der Waals surface area contributed by atoms with Crippen LogP contribution in [0.3, 0.4) is 0 Å². The standard InChI is InChI=1S/C14H29NO.C4H11NO2/c1-2-3-4-5-6-7-8-9-10-11-12-13-14(15)16;1-3-5-4(2,6)7/h2-13H2,1H3,(H2,15,16);5-7H,3H2,1-2H3. The van der Waals surface area contributed by atoms with Gasteiger partial charge in [-0.2, -0.15) is 0 Å². The molecule has 0 unspecified atom stereocenters. The van der Waals surface area contributed by atoms with E-state index in [0.29, 0.717) is 13.0 Å². The maximum absolute atomic E-state index is 10.5. The lowest BCUT2D eigenvalue weighted by Crippen LogP contribution is -2.41. The quantitative estimate of drug-likeness (QED) is 0.289. The van der Waals surface area contributed by atoms with E-state index in [1.165, 1.54) is 71.1 Å². The van der Waals surface area contributed by atoms with Crippen molar-refractivity contribution in [1.82, 2.24) is 5.32 Å². The lowest BCUT2D eigenvalue weighted by Gasteiger charge is -2.14. The Labute approximate surface area is 143 Å². The van der Waals surface area contributed by atoms with Gasteiger partial charge in [-0.3, -0.25) is 10.1 Å². The van der Waals surface area contributed by atoms with Gasteiger partial charge in [-0.15, -0.1) is 0 Å². The topological polar surface area (TPSA) is 95.6 Å². The molecule has 0 heterocycles.